The van der Waals surface area contributed by atoms with Gasteiger partial charge in [-0.1, -0.05) is 34.8 Å². The van der Waals surface area contributed by atoms with Crippen molar-refractivity contribution in [3.63, 3.8) is 0 Å². The van der Waals surface area contributed by atoms with Gasteiger partial charge in [-0.3, -0.25) is 0 Å². The van der Waals surface area contributed by atoms with E-state index in [9.17, 15) is 0 Å². The van der Waals surface area contributed by atoms with Gasteiger partial charge < -0.3 is 0 Å². The number of hydrogen-bond donors (Lipinski definition) is 0. The van der Waals surface area contributed by atoms with E-state index in [4.69, 9.17) is 46.4 Å². The molecule has 1 rings (SSSR count). The minimum Gasteiger partial charge on any atom is -0.237 e. The molecule has 1 aromatic rings. The predicted molar refractivity (Wildman–Crippen MR) is 50.8 cm³/mol. The highest BCUT2D eigenvalue weighted by Gasteiger charge is 2.26. The molecule has 2 nitrogen and oxygen atoms in total. The molecule has 0 fully saturated rings. The van der Waals surface area contributed by atoms with Gasteiger partial charge in [-0.05, 0) is 6.07 Å². The van der Waals surface area contributed by atoms with Crippen molar-refractivity contribution in [2.45, 2.75) is 9.67 Å². The highest BCUT2D eigenvalue weighted by atomic mass is 35.6. The second-order valence-corrected chi connectivity index (χ2v) is 4.55. The van der Waals surface area contributed by atoms with Crippen LogP contribution in [-0.4, -0.2) is 9.97 Å². The molecule has 0 amide bonds. The summed E-state index contributed by atoms with van der Waals surface area (Å²) in [6.45, 7) is 0. The lowest BCUT2D eigenvalue weighted by Gasteiger charge is -2.08. The van der Waals surface area contributed by atoms with Gasteiger partial charge in [0.25, 0.3) is 0 Å². The zero-order valence-electron chi connectivity index (χ0n) is 5.77. The van der Waals surface area contributed by atoms with E-state index in [0.717, 1.165) is 0 Å². The summed E-state index contributed by atoms with van der Waals surface area (Å²) < 4.78 is -1.58. The molecule has 0 atom stereocenters. The lowest BCUT2D eigenvalue weighted by molar-refractivity contribution is 0.935. The fourth-order valence-electron chi connectivity index (χ4n) is 0.607. The van der Waals surface area contributed by atoms with Crippen molar-refractivity contribution in [3.8, 4) is 0 Å². The Kier molecular flexibility index (Phi) is 3.41. The third-order valence-electron chi connectivity index (χ3n) is 1.10. The Labute approximate surface area is 89.8 Å². The molecule has 12 heavy (non-hydrogen) atoms. The van der Waals surface area contributed by atoms with Crippen LogP contribution < -0.4 is 0 Å². The number of nitrogens with zero attached hydrogens (tertiary/aromatic N) is 2. The molecule has 0 aliphatic rings. The van der Waals surface area contributed by atoms with Crippen LogP contribution in [0.5, 0.6) is 0 Å². The number of halogens is 4. The monoisotopic (exact) mass is 244 g/mol. The molecule has 0 saturated heterocycles. The summed E-state index contributed by atoms with van der Waals surface area (Å²) in [6, 6.07) is 1.66. The highest BCUT2D eigenvalue weighted by molar-refractivity contribution is 6.66. The Morgan fingerprint density at radius 2 is 2.00 bits per heavy atom. The van der Waals surface area contributed by atoms with E-state index in [-0.39, 0.29) is 11.7 Å². The van der Waals surface area contributed by atoms with E-state index in [1.165, 1.54) is 6.20 Å². The molecule has 0 unspecified atom stereocenters. The average Bonchev–Trinajstić information content (AvgIpc) is 2.03. The van der Waals surface area contributed by atoms with Gasteiger partial charge in [-0.25, -0.2) is 9.97 Å². The van der Waals surface area contributed by atoms with Crippen molar-refractivity contribution < 1.29 is 0 Å². The van der Waals surface area contributed by atoms with Gasteiger partial charge in [0.15, 0.2) is 5.82 Å². The number of hydrogen-bond acceptors (Lipinski definition) is 2. The standard InChI is InChI=1S/C6H4Cl4N2/c7-3-4-1-2-11-5(12-4)6(8,9)10/h1-2H,3H2. The van der Waals surface area contributed by atoms with Crippen LogP contribution in [0.2, 0.25) is 0 Å². The summed E-state index contributed by atoms with van der Waals surface area (Å²) in [4.78, 5) is 7.72. The first-order valence-corrected chi connectivity index (χ1v) is 4.66. The van der Waals surface area contributed by atoms with E-state index < -0.39 is 3.79 Å². The molecule has 0 bridgehead atoms. The molecule has 0 saturated carbocycles. The van der Waals surface area contributed by atoms with Crippen molar-refractivity contribution in [2.75, 3.05) is 0 Å². The van der Waals surface area contributed by atoms with Gasteiger partial charge in [0.2, 0.25) is 3.79 Å². The second kappa shape index (κ2) is 3.97. The fraction of sp³-hybridized carbons (Fsp3) is 0.333. The van der Waals surface area contributed by atoms with Crippen LogP contribution in [0.4, 0.5) is 0 Å². The predicted octanol–water partition coefficient (Wildman–Crippen LogP) is 3.04. The number of aromatic nitrogens is 2. The summed E-state index contributed by atoms with van der Waals surface area (Å²) in [5, 5.41) is 0. The Hall–Kier alpha value is 0.240. The van der Waals surface area contributed by atoms with E-state index in [2.05, 4.69) is 9.97 Å². The lowest BCUT2D eigenvalue weighted by atomic mass is 10.4. The maximum atomic E-state index is 5.55. The van der Waals surface area contributed by atoms with Crippen LogP contribution in [0, 0.1) is 0 Å². The van der Waals surface area contributed by atoms with Crippen LogP contribution >= 0.6 is 46.4 Å². The summed E-state index contributed by atoms with van der Waals surface area (Å²) in [6.07, 6.45) is 1.50. The van der Waals surface area contributed by atoms with Crippen molar-refractivity contribution in [1.29, 1.82) is 0 Å². The topological polar surface area (TPSA) is 25.8 Å². The summed E-state index contributed by atoms with van der Waals surface area (Å²) in [5.74, 6) is 0.418. The Balaban J connectivity index is 3.02. The zero-order valence-corrected chi connectivity index (χ0v) is 8.79. The van der Waals surface area contributed by atoms with Crippen molar-refractivity contribution in [3.05, 3.63) is 23.8 Å². The normalized spacial score (nSPS) is 11.7. The summed E-state index contributed by atoms with van der Waals surface area (Å²) in [7, 11) is 0. The van der Waals surface area contributed by atoms with Gasteiger partial charge in [-0.2, -0.15) is 0 Å². The molecule has 6 heteroatoms. The smallest absolute Gasteiger partial charge is 0.237 e. The third-order valence-corrected chi connectivity index (χ3v) is 1.88. The molecule has 0 aliphatic carbocycles. The summed E-state index contributed by atoms with van der Waals surface area (Å²) >= 11 is 22.2. The van der Waals surface area contributed by atoms with Crippen molar-refractivity contribution in [2.24, 2.45) is 0 Å². The molecule has 0 radical (unpaired) electrons. The van der Waals surface area contributed by atoms with Crippen LogP contribution in [-0.2, 0) is 9.67 Å². The van der Waals surface area contributed by atoms with Gasteiger partial charge in [0.05, 0.1) is 11.6 Å². The average molecular weight is 246 g/mol. The largest absolute Gasteiger partial charge is 0.250 e. The highest BCUT2D eigenvalue weighted by Crippen LogP contribution is 2.35. The maximum Gasteiger partial charge on any atom is 0.250 e. The van der Waals surface area contributed by atoms with Crippen LogP contribution in [0.15, 0.2) is 12.3 Å². The van der Waals surface area contributed by atoms with Crippen LogP contribution in [0.3, 0.4) is 0 Å². The minimum absolute atomic E-state index is 0.144. The number of rotatable bonds is 1. The lowest BCUT2D eigenvalue weighted by Crippen LogP contribution is -2.07. The van der Waals surface area contributed by atoms with Crippen molar-refractivity contribution >= 4 is 46.4 Å². The molecule has 0 aliphatic heterocycles. The molecule has 0 N–H and O–H groups in total. The SMILES string of the molecule is ClCc1ccnc(C(Cl)(Cl)Cl)n1. The van der Waals surface area contributed by atoms with Crippen LogP contribution in [0.25, 0.3) is 0 Å². The minimum atomic E-state index is -1.58. The first kappa shape index (κ1) is 10.3. The van der Waals surface area contributed by atoms with E-state index in [1.54, 1.807) is 6.07 Å². The van der Waals surface area contributed by atoms with Gasteiger partial charge in [-0.15, -0.1) is 11.6 Å². The second-order valence-electron chi connectivity index (χ2n) is 2.00. The van der Waals surface area contributed by atoms with Gasteiger partial charge in [0.1, 0.15) is 0 Å². The number of alkyl halides is 4. The van der Waals surface area contributed by atoms with E-state index in [1.807, 2.05) is 0 Å². The van der Waals surface area contributed by atoms with Gasteiger partial charge in [0, 0.05) is 6.20 Å². The first-order chi connectivity index (χ1) is 5.54. The molecule has 1 heterocycles. The maximum absolute atomic E-state index is 5.55. The molecule has 0 spiro atoms. The zero-order chi connectivity index (χ0) is 9.19. The van der Waals surface area contributed by atoms with Crippen LogP contribution in [0.1, 0.15) is 11.5 Å². The first-order valence-electron chi connectivity index (χ1n) is 2.99. The molecule has 1 aromatic heterocycles. The van der Waals surface area contributed by atoms with E-state index >= 15 is 0 Å². The molecular weight excluding hydrogens is 242 g/mol. The van der Waals surface area contributed by atoms with E-state index in [0.29, 0.717) is 5.69 Å². The summed E-state index contributed by atoms with van der Waals surface area (Å²) in [5.41, 5.74) is 0.632. The quantitative estimate of drug-likeness (QED) is 0.711. The fourth-order valence-corrected chi connectivity index (χ4v) is 1.03. The Morgan fingerprint density at radius 3 is 2.50 bits per heavy atom. The molecule has 66 valence electrons. The third kappa shape index (κ3) is 2.63. The van der Waals surface area contributed by atoms with Crippen molar-refractivity contribution in [1.82, 2.24) is 9.97 Å². The Morgan fingerprint density at radius 1 is 1.33 bits per heavy atom. The van der Waals surface area contributed by atoms with Gasteiger partial charge >= 0.3 is 0 Å². The Bertz CT molecular complexity index is 270. The molecule has 0 aromatic carbocycles. The molecular formula is C6H4Cl4N2.